The maximum atomic E-state index is 15.6. The minimum atomic E-state index is -1.17. The van der Waals surface area contributed by atoms with Gasteiger partial charge in [0.05, 0.1) is 5.41 Å². The van der Waals surface area contributed by atoms with Gasteiger partial charge in [-0.25, -0.2) is 4.39 Å². The number of nitrogen functional groups attached to an aromatic ring is 1. The number of aliphatic hydroxyl groups is 1. The highest BCUT2D eigenvalue weighted by Gasteiger charge is 2.65. The number of carbonyl (C=O) groups excluding carboxylic acids is 2. The quantitative estimate of drug-likeness (QED) is 0.495. The summed E-state index contributed by atoms with van der Waals surface area (Å²) in [4.78, 5) is 25.3. The van der Waals surface area contributed by atoms with Gasteiger partial charge >= 0.3 is 0 Å². The summed E-state index contributed by atoms with van der Waals surface area (Å²) in [6, 6.07) is 7.86. The first-order valence-electron chi connectivity index (χ1n) is 12.3. The number of ketones is 2. The summed E-state index contributed by atoms with van der Waals surface area (Å²) >= 11 is 0. The molecule has 0 amide bonds. The van der Waals surface area contributed by atoms with E-state index in [1.807, 2.05) is 24.3 Å². The van der Waals surface area contributed by atoms with E-state index in [9.17, 15) is 14.7 Å². The van der Waals surface area contributed by atoms with Crippen LogP contribution < -0.4 is 5.73 Å². The second kappa shape index (κ2) is 8.20. The van der Waals surface area contributed by atoms with E-state index in [1.54, 1.807) is 6.92 Å². The lowest BCUT2D eigenvalue weighted by atomic mass is 9.48. The maximum Gasteiger partial charge on any atom is 0.156 e. The van der Waals surface area contributed by atoms with Crippen LogP contribution in [0.25, 0.3) is 0 Å². The molecule has 4 nitrogen and oxygen atoms in total. The summed E-state index contributed by atoms with van der Waals surface area (Å²) in [6.07, 6.45) is 3.84. The van der Waals surface area contributed by atoms with Crippen LogP contribution in [0.2, 0.25) is 0 Å². The normalized spacial score (nSPS) is 36.6. The van der Waals surface area contributed by atoms with Gasteiger partial charge in [-0.05, 0) is 91.2 Å². The number of fused-ring (bicyclic) bond motifs is 4. The van der Waals surface area contributed by atoms with E-state index in [1.165, 1.54) is 11.6 Å². The topological polar surface area (TPSA) is 80.4 Å². The molecule has 1 aromatic rings. The van der Waals surface area contributed by atoms with Crippen molar-refractivity contribution in [2.24, 2.45) is 22.7 Å². The van der Waals surface area contributed by atoms with Crippen LogP contribution in [0.5, 0.6) is 0 Å². The molecular formula is C29H32FNO3. The Bertz CT molecular complexity index is 1170. The van der Waals surface area contributed by atoms with Crippen LogP contribution in [-0.4, -0.2) is 29.5 Å². The average Bonchev–Trinajstić information content (AvgIpc) is 3.11. The Morgan fingerprint density at radius 2 is 2.00 bits per heavy atom. The third-order valence-electron chi connectivity index (χ3n) is 9.27. The van der Waals surface area contributed by atoms with Gasteiger partial charge in [-0.1, -0.05) is 36.5 Å². The van der Waals surface area contributed by atoms with Crippen LogP contribution in [-0.2, 0) is 9.59 Å². The zero-order valence-electron chi connectivity index (χ0n) is 19.9. The monoisotopic (exact) mass is 461 g/mol. The smallest absolute Gasteiger partial charge is 0.156 e. The highest BCUT2D eigenvalue weighted by molar-refractivity contribution is 5.93. The number of benzene rings is 1. The maximum absolute atomic E-state index is 15.6. The molecule has 0 aromatic heterocycles. The van der Waals surface area contributed by atoms with E-state index >= 15 is 4.39 Å². The molecule has 0 bridgehead atoms. The predicted octanol–water partition coefficient (Wildman–Crippen LogP) is 4.69. The van der Waals surface area contributed by atoms with Gasteiger partial charge in [0.25, 0.3) is 0 Å². The minimum Gasteiger partial charge on any atom is -0.399 e. The molecule has 2 fully saturated rings. The summed E-state index contributed by atoms with van der Waals surface area (Å²) in [5.74, 6) is 6.14. The standard InChI is InChI=1S/C29H32FNO3/c1-17(33)29(11-3-13-32)12-10-25-23-15-26(30)22-14-20(34)8-9-21(22)27(23)24(16-28(25,29)2)18-4-6-19(31)7-5-18/h4-7,14,23-26,32H,8-10,12-13,15-16,31H2,1-2H3/t23-,24+,25-,26?,28-,29-/m0/s1. The van der Waals surface area contributed by atoms with Crippen LogP contribution in [0.3, 0.4) is 0 Å². The van der Waals surface area contributed by atoms with Crippen molar-refractivity contribution in [3.8, 4) is 11.8 Å². The largest absolute Gasteiger partial charge is 0.399 e. The molecule has 1 aromatic carbocycles. The fourth-order valence-corrected chi connectivity index (χ4v) is 7.75. The van der Waals surface area contributed by atoms with Crippen molar-refractivity contribution >= 4 is 17.3 Å². The lowest BCUT2D eigenvalue weighted by molar-refractivity contribution is -0.130. The zero-order chi connectivity index (χ0) is 24.3. The summed E-state index contributed by atoms with van der Waals surface area (Å²) in [5, 5.41) is 9.44. The van der Waals surface area contributed by atoms with Gasteiger partial charge in [0.1, 0.15) is 18.6 Å². The number of Topliss-reactive ketones (excluding diaryl/α,β-unsaturated/α-hetero) is 1. The Labute approximate surface area is 200 Å². The van der Waals surface area contributed by atoms with Crippen molar-refractivity contribution in [3.63, 3.8) is 0 Å². The molecule has 0 aliphatic heterocycles. The van der Waals surface area contributed by atoms with Crippen LogP contribution in [0.4, 0.5) is 10.1 Å². The first-order chi connectivity index (χ1) is 16.2. The molecule has 0 spiro atoms. The van der Waals surface area contributed by atoms with Gasteiger partial charge in [-0.15, -0.1) is 0 Å². The molecule has 0 saturated heterocycles. The van der Waals surface area contributed by atoms with Gasteiger partial charge in [-0.3, -0.25) is 9.59 Å². The lowest BCUT2D eigenvalue weighted by Crippen LogP contribution is -2.51. The highest BCUT2D eigenvalue weighted by atomic mass is 19.1. The average molecular weight is 462 g/mol. The number of halogens is 1. The fraction of sp³-hybridized carbons (Fsp3) is 0.517. The molecule has 2 saturated carbocycles. The Morgan fingerprint density at radius 1 is 1.26 bits per heavy atom. The second-order valence-electron chi connectivity index (χ2n) is 10.7. The molecule has 178 valence electrons. The van der Waals surface area contributed by atoms with Gasteiger partial charge in [0, 0.05) is 18.0 Å². The van der Waals surface area contributed by atoms with Gasteiger partial charge < -0.3 is 10.8 Å². The van der Waals surface area contributed by atoms with E-state index in [0.717, 1.165) is 24.0 Å². The van der Waals surface area contributed by atoms with Gasteiger partial charge in [-0.2, -0.15) is 0 Å². The summed E-state index contributed by atoms with van der Waals surface area (Å²) in [7, 11) is 0. The minimum absolute atomic E-state index is 0.000809. The highest BCUT2D eigenvalue weighted by Crippen LogP contribution is 2.69. The Hall–Kier alpha value is -2.71. The van der Waals surface area contributed by atoms with Gasteiger partial charge in [0.15, 0.2) is 5.78 Å². The molecule has 5 heteroatoms. The number of anilines is 1. The molecular weight excluding hydrogens is 429 g/mol. The van der Waals surface area contributed by atoms with Crippen LogP contribution in [0, 0.1) is 34.5 Å². The number of aliphatic hydroxyl groups excluding tert-OH is 1. The summed E-state index contributed by atoms with van der Waals surface area (Å²) < 4.78 is 15.6. The molecule has 34 heavy (non-hydrogen) atoms. The zero-order valence-corrected chi connectivity index (χ0v) is 19.9. The van der Waals surface area contributed by atoms with Gasteiger partial charge in [0.2, 0.25) is 0 Å². The first kappa shape index (κ1) is 23.1. The fourth-order valence-electron chi connectivity index (χ4n) is 7.75. The first-order valence-corrected chi connectivity index (χ1v) is 12.3. The summed E-state index contributed by atoms with van der Waals surface area (Å²) in [5.41, 5.74) is 9.32. The number of alkyl halides is 1. The molecule has 0 heterocycles. The lowest BCUT2D eigenvalue weighted by Gasteiger charge is -2.55. The summed E-state index contributed by atoms with van der Waals surface area (Å²) in [6.45, 7) is 3.48. The molecule has 4 aliphatic carbocycles. The van der Waals surface area contributed by atoms with Crippen molar-refractivity contribution in [1.29, 1.82) is 0 Å². The predicted molar refractivity (Wildman–Crippen MR) is 129 cm³/mol. The van der Waals surface area contributed by atoms with Crippen molar-refractivity contribution in [1.82, 2.24) is 0 Å². The van der Waals surface area contributed by atoms with Crippen LogP contribution in [0.15, 0.2) is 47.1 Å². The van der Waals surface area contributed by atoms with Crippen LogP contribution >= 0.6 is 0 Å². The van der Waals surface area contributed by atoms with Crippen molar-refractivity contribution in [3.05, 3.63) is 52.6 Å². The van der Waals surface area contributed by atoms with Crippen LogP contribution in [0.1, 0.15) is 63.9 Å². The van der Waals surface area contributed by atoms with E-state index < -0.39 is 17.0 Å². The van der Waals surface area contributed by atoms with E-state index in [0.29, 0.717) is 36.9 Å². The van der Waals surface area contributed by atoms with E-state index in [4.69, 9.17) is 5.73 Å². The third-order valence-corrected chi connectivity index (χ3v) is 9.27. The number of rotatable bonds is 2. The number of hydrogen-bond donors (Lipinski definition) is 2. The number of hydrogen-bond acceptors (Lipinski definition) is 4. The molecule has 1 unspecified atom stereocenters. The van der Waals surface area contributed by atoms with E-state index in [2.05, 4.69) is 18.8 Å². The van der Waals surface area contributed by atoms with Crippen molar-refractivity contribution < 1.29 is 19.1 Å². The van der Waals surface area contributed by atoms with Crippen molar-refractivity contribution in [2.75, 3.05) is 12.3 Å². The Morgan fingerprint density at radius 3 is 2.68 bits per heavy atom. The number of nitrogens with two attached hydrogens (primary N) is 1. The molecule has 6 atom stereocenters. The number of allylic oxidation sites excluding steroid dienone is 4. The Kier molecular flexibility index (Phi) is 5.56. The second-order valence-corrected chi connectivity index (χ2v) is 10.7. The SMILES string of the molecule is CC(=O)[C@]1(C#CCO)CC[C@H]2[C@@H]3CC(F)C4=CC(=O)CCC4=C3[C@@H](c3ccc(N)cc3)C[C@@]21C. The Balaban J connectivity index is 1.73. The molecule has 0 radical (unpaired) electrons. The number of carbonyl (C=O) groups is 2. The molecule has 3 N–H and O–H groups in total. The third kappa shape index (κ3) is 3.22. The molecule has 4 aliphatic rings. The van der Waals surface area contributed by atoms with Crippen molar-refractivity contribution in [2.45, 2.75) is 64.5 Å². The van der Waals surface area contributed by atoms with E-state index in [-0.39, 0.29) is 35.9 Å². The molecule has 5 rings (SSSR count).